The highest BCUT2D eigenvalue weighted by Gasteiger charge is 2.34. The van der Waals surface area contributed by atoms with Crippen LogP contribution >= 0.6 is 11.8 Å². The van der Waals surface area contributed by atoms with Crippen LogP contribution in [0.1, 0.15) is 53.0 Å². The highest BCUT2D eigenvalue weighted by molar-refractivity contribution is 7.98. The van der Waals surface area contributed by atoms with Crippen LogP contribution in [0.3, 0.4) is 0 Å². The van der Waals surface area contributed by atoms with Gasteiger partial charge in [-0.05, 0) is 63.2 Å². The lowest BCUT2D eigenvalue weighted by Crippen LogP contribution is -2.57. The SMILES string of the molecule is CSCC[C@@H](C(N)=O)N(C)C(=O)[C@H](CC(C)C)NC(=O)[C@@H](Cc1c[nH]c2ccccc12)NC(=O)OC(C)(C)C. The number of aromatic amines is 1. The topological polar surface area (TPSA) is 147 Å². The molecule has 39 heavy (non-hydrogen) atoms. The van der Waals surface area contributed by atoms with Crippen LogP contribution in [0.4, 0.5) is 4.79 Å². The number of likely N-dealkylation sites (N-methyl/N-ethyl adjacent to an activating group) is 1. The van der Waals surface area contributed by atoms with Crippen LogP contribution in [-0.2, 0) is 25.5 Å². The summed E-state index contributed by atoms with van der Waals surface area (Å²) in [5.41, 5.74) is 6.57. The quantitative estimate of drug-likeness (QED) is 0.295. The number of thioether (sulfide) groups is 1. The van der Waals surface area contributed by atoms with Crippen molar-refractivity contribution in [2.45, 2.75) is 77.6 Å². The fourth-order valence-electron chi connectivity index (χ4n) is 4.30. The van der Waals surface area contributed by atoms with E-state index in [1.807, 2.05) is 44.4 Å². The Kier molecular flexibility index (Phi) is 11.7. The molecule has 1 heterocycles. The van der Waals surface area contributed by atoms with Crippen molar-refractivity contribution in [1.29, 1.82) is 0 Å². The number of para-hydroxylation sites is 1. The van der Waals surface area contributed by atoms with Crippen molar-refractivity contribution in [3.63, 3.8) is 0 Å². The van der Waals surface area contributed by atoms with E-state index in [2.05, 4.69) is 15.6 Å². The van der Waals surface area contributed by atoms with Gasteiger partial charge in [0.1, 0.15) is 23.7 Å². The van der Waals surface area contributed by atoms with Crippen LogP contribution in [0.2, 0.25) is 0 Å². The van der Waals surface area contributed by atoms with Crippen molar-refractivity contribution >= 4 is 46.5 Å². The van der Waals surface area contributed by atoms with Gasteiger partial charge in [0.25, 0.3) is 0 Å². The van der Waals surface area contributed by atoms with E-state index in [0.717, 1.165) is 16.5 Å². The first-order chi connectivity index (χ1) is 18.2. The van der Waals surface area contributed by atoms with Crippen molar-refractivity contribution in [2.24, 2.45) is 11.7 Å². The third-order valence-corrected chi connectivity index (χ3v) is 6.81. The number of primary amides is 1. The van der Waals surface area contributed by atoms with Crippen LogP contribution in [0.5, 0.6) is 0 Å². The molecule has 0 unspecified atom stereocenters. The fourth-order valence-corrected chi connectivity index (χ4v) is 4.76. The summed E-state index contributed by atoms with van der Waals surface area (Å²) in [5.74, 6) is -0.822. The summed E-state index contributed by atoms with van der Waals surface area (Å²) in [4.78, 5) is 56.5. The molecule has 0 bridgehead atoms. The van der Waals surface area contributed by atoms with Gasteiger partial charge < -0.3 is 31.0 Å². The smallest absolute Gasteiger partial charge is 0.408 e. The Morgan fingerprint density at radius 1 is 1.10 bits per heavy atom. The highest BCUT2D eigenvalue weighted by atomic mass is 32.2. The standard InChI is InChI=1S/C28H43N5O5S/c1-17(2)14-22(26(36)33(6)23(24(29)34)12-13-39-7)31-25(35)21(32-27(37)38-28(3,4)5)15-18-16-30-20-11-9-8-10-19(18)20/h8-11,16-17,21-23,30H,12-15H2,1-7H3,(H2,29,34)(H,31,35)(H,32,37)/t21-,22+,23+/m1/s1. The number of nitrogens with one attached hydrogen (secondary N) is 3. The van der Waals surface area contributed by atoms with Gasteiger partial charge in [0.05, 0.1) is 0 Å². The third-order valence-electron chi connectivity index (χ3n) is 6.17. The number of alkyl carbamates (subject to hydrolysis) is 1. The molecule has 0 saturated carbocycles. The minimum Gasteiger partial charge on any atom is -0.444 e. The van der Waals surface area contributed by atoms with Gasteiger partial charge in [-0.3, -0.25) is 14.4 Å². The zero-order valence-electron chi connectivity index (χ0n) is 24.0. The Morgan fingerprint density at radius 2 is 1.77 bits per heavy atom. The molecule has 0 radical (unpaired) electrons. The van der Waals surface area contributed by atoms with Gasteiger partial charge in [-0.25, -0.2) is 4.79 Å². The molecule has 0 fully saturated rings. The molecule has 0 aliphatic heterocycles. The zero-order chi connectivity index (χ0) is 29.3. The van der Waals surface area contributed by atoms with Gasteiger partial charge in [0, 0.05) is 30.6 Å². The molecule has 4 amide bonds. The fraction of sp³-hybridized carbons (Fsp3) is 0.571. The molecule has 0 aliphatic rings. The number of carbonyl (C=O) groups excluding carboxylic acids is 4. The molecule has 5 N–H and O–H groups in total. The first kappa shape index (κ1) is 32.0. The molecule has 11 heteroatoms. The molecule has 0 saturated heterocycles. The Balaban J connectivity index is 2.33. The van der Waals surface area contributed by atoms with Crippen LogP contribution < -0.4 is 16.4 Å². The summed E-state index contributed by atoms with van der Waals surface area (Å²) in [6, 6.07) is 4.94. The number of fused-ring (bicyclic) bond motifs is 1. The van der Waals surface area contributed by atoms with Crippen LogP contribution in [0.25, 0.3) is 10.9 Å². The summed E-state index contributed by atoms with van der Waals surface area (Å²) in [6.07, 6.45) is 3.89. The third kappa shape index (κ3) is 9.80. The van der Waals surface area contributed by atoms with E-state index in [4.69, 9.17) is 10.5 Å². The molecule has 10 nitrogen and oxygen atoms in total. The maximum atomic E-state index is 13.6. The average Bonchev–Trinajstić information content (AvgIpc) is 3.24. The number of amides is 4. The van der Waals surface area contributed by atoms with Gasteiger partial charge >= 0.3 is 6.09 Å². The summed E-state index contributed by atoms with van der Waals surface area (Å²) in [5, 5.41) is 6.45. The van der Waals surface area contributed by atoms with Crippen LogP contribution in [0, 0.1) is 5.92 Å². The number of carbonyl (C=O) groups is 4. The lowest BCUT2D eigenvalue weighted by molar-refractivity contribution is -0.141. The van der Waals surface area contributed by atoms with E-state index in [0.29, 0.717) is 18.6 Å². The minimum absolute atomic E-state index is 0.0664. The van der Waals surface area contributed by atoms with Gasteiger partial charge in [-0.15, -0.1) is 0 Å². The molecule has 1 aromatic carbocycles. The second-order valence-corrected chi connectivity index (χ2v) is 12.1. The Labute approximate surface area is 235 Å². The molecule has 2 rings (SSSR count). The molecule has 2 aromatic rings. The number of H-pyrrole nitrogens is 1. The first-order valence-electron chi connectivity index (χ1n) is 13.1. The highest BCUT2D eigenvalue weighted by Crippen LogP contribution is 2.20. The van der Waals surface area contributed by atoms with Crippen molar-refractivity contribution in [2.75, 3.05) is 19.1 Å². The molecular formula is C28H43N5O5S. The lowest BCUT2D eigenvalue weighted by atomic mass is 10.00. The maximum absolute atomic E-state index is 13.6. The number of nitrogens with two attached hydrogens (primary N) is 1. The summed E-state index contributed by atoms with van der Waals surface area (Å²) >= 11 is 1.55. The van der Waals surface area contributed by atoms with E-state index in [-0.39, 0.29) is 12.3 Å². The van der Waals surface area contributed by atoms with Gasteiger partial charge in [-0.1, -0.05) is 32.0 Å². The Bertz CT molecular complexity index is 1140. The first-order valence-corrected chi connectivity index (χ1v) is 14.5. The molecule has 3 atom stereocenters. The lowest BCUT2D eigenvalue weighted by Gasteiger charge is -2.31. The van der Waals surface area contributed by atoms with E-state index in [1.54, 1.807) is 38.7 Å². The molecule has 1 aromatic heterocycles. The Hall–Kier alpha value is -3.21. The number of rotatable bonds is 13. The number of hydrogen-bond acceptors (Lipinski definition) is 6. The summed E-state index contributed by atoms with van der Waals surface area (Å²) in [7, 11) is 1.53. The van der Waals surface area contributed by atoms with E-state index in [1.165, 1.54) is 11.9 Å². The molecular weight excluding hydrogens is 518 g/mol. The van der Waals surface area contributed by atoms with E-state index >= 15 is 0 Å². The second kappa shape index (κ2) is 14.3. The van der Waals surface area contributed by atoms with Gasteiger partial charge in [0.15, 0.2) is 0 Å². The predicted molar refractivity (Wildman–Crippen MR) is 155 cm³/mol. The monoisotopic (exact) mass is 561 g/mol. The largest absolute Gasteiger partial charge is 0.444 e. The minimum atomic E-state index is -1.02. The molecule has 0 aliphatic carbocycles. The number of nitrogens with zero attached hydrogens (tertiary/aromatic N) is 1. The molecule has 216 valence electrons. The van der Waals surface area contributed by atoms with Crippen LogP contribution in [-0.4, -0.2) is 76.5 Å². The van der Waals surface area contributed by atoms with Gasteiger partial charge in [-0.2, -0.15) is 11.8 Å². The maximum Gasteiger partial charge on any atom is 0.408 e. The van der Waals surface area contributed by atoms with Crippen molar-refractivity contribution in [1.82, 2.24) is 20.5 Å². The average molecular weight is 562 g/mol. The van der Waals surface area contributed by atoms with Crippen molar-refractivity contribution < 1.29 is 23.9 Å². The predicted octanol–water partition coefficient (Wildman–Crippen LogP) is 3.20. The Morgan fingerprint density at radius 3 is 2.36 bits per heavy atom. The number of aromatic nitrogens is 1. The van der Waals surface area contributed by atoms with Crippen molar-refractivity contribution in [3.05, 3.63) is 36.0 Å². The van der Waals surface area contributed by atoms with Crippen molar-refractivity contribution in [3.8, 4) is 0 Å². The number of benzene rings is 1. The number of hydrogen-bond donors (Lipinski definition) is 4. The normalized spacial score (nSPS) is 13.9. The van der Waals surface area contributed by atoms with E-state index in [9.17, 15) is 19.2 Å². The van der Waals surface area contributed by atoms with Gasteiger partial charge in [0.2, 0.25) is 17.7 Å². The summed E-state index contributed by atoms with van der Waals surface area (Å²) in [6.45, 7) is 9.09. The second-order valence-electron chi connectivity index (χ2n) is 11.1. The summed E-state index contributed by atoms with van der Waals surface area (Å²) < 4.78 is 5.41. The molecule has 0 spiro atoms. The zero-order valence-corrected chi connectivity index (χ0v) is 24.8. The van der Waals surface area contributed by atoms with E-state index < -0.39 is 47.5 Å². The number of ether oxygens (including phenoxy) is 1. The van der Waals surface area contributed by atoms with Crippen LogP contribution in [0.15, 0.2) is 30.5 Å².